The number of rotatable bonds is 6. The van der Waals surface area contributed by atoms with Crippen molar-refractivity contribution in [1.29, 1.82) is 0 Å². The Labute approximate surface area is 124 Å². The number of halogens is 1. The third-order valence-electron chi connectivity index (χ3n) is 3.21. The average molecular weight is 291 g/mol. The van der Waals surface area contributed by atoms with Crippen molar-refractivity contribution >= 4 is 11.6 Å². The van der Waals surface area contributed by atoms with Crippen molar-refractivity contribution < 1.29 is 4.74 Å². The van der Waals surface area contributed by atoms with Crippen LogP contribution in [0.3, 0.4) is 0 Å². The van der Waals surface area contributed by atoms with Crippen LogP contribution in [0.25, 0.3) is 0 Å². The maximum Gasteiger partial charge on any atom is 0.137 e. The minimum Gasteiger partial charge on any atom is -0.495 e. The SMILES string of the molecule is COc1ccc(C(CN)NCc2ccccc2)cc1Cl. The Hall–Kier alpha value is -1.55. The lowest BCUT2D eigenvalue weighted by atomic mass is 10.1. The van der Waals surface area contributed by atoms with Crippen LogP contribution in [0.1, 0.15) is 17.2 Å². The van der Waals surface area contributed by atoms with Crippen LogP contribution in [-0.4, -0.2) is 13.7 Å². The molecule has 2 rings (SSSR count). The van der Waals surface area contributed by atoms with Crippen molar-refractivity contribution in [2.45, 2.75) is 12.6 Å². The molecule has 2 aromatic carbocycles. The molecule has 3 nitrogen and oxygen atoms in total. The zero-order valence-electron chi connectivity index (χ0n) is 11.5. The van der Waals surface area contributed by atoms with Gasteiger partial charge in [0.2, 0.25) is 0 Å². The van der Waals surface area contributed by atoms with Gasteiger partial charge in [-0.3, -0.25) is 0 Å². The minimum atomic E-state index is 0.0682. The first-order valence-corrected chi connectivity index (χ1v) is 6.93. The summed E-state index contributed by atoms with van der Waals surface area (Å²) in [6.07, 6.45) is 0. The molecule has 106 valence electrons. The van der Waals surface area contributed by atoms with Gasteiger partial charge in [0.1, 0.15) is 5.75 Å². The molecule has 3 N–H and O–H groups in total. The molecule has 0 fully saturated rings. The quantitative estimate of drug-likeness (QED) is 0.859. The van der Waals surface area contributed by atoms with Crippen LogP contribution in [0.4, 0.5) is 0 Å². The molecule has 0 aliphatic carbocycles. The Bertz CT molecular complexity index is 545. The third kappa shape index (κ3) is 3.73. The van der Waals surface area contributed by atoms with Crippen LogP contribution >= 0.6 is 11.6 Å². The molecule has 4 heteroatoms. The highest BCUT2D eigenvalue weighted by Gasteiger charge is 2.11. The highest BCUT2D eigenvalue weighted by atomic mass is 35.5. The fourth-order valence-electron chi connectivity index (χ4n) is 2.07. The normalized spacial score (nSPS) is 12.2. The summed E-state index contributed by atoms with van der Waals surface area (Å²) in [6, 6.07) is 16.0. The summed E-state index contributed by atoms with van der Waals surface area (Å²) in [6.45, 7) is 1.28. The topological polar surface area (TPSA) is 47.3 Å². The molecule has 0 saturated heterocycles. The Morgan fingerprint density at radius 3 is 2.55 bits per heavy atom. The van der Waals surface area contributed by atoms with E-state index in [0.717, 1.165) is 12.1 Å². The van der Waals surface area contributed by atoms with E-state index in [4.69, 9.17) is 22.1 Å². The summed E-state index contributed by atoms with van der Waals surface area (Å²) in [5.41, 5.74) is 8.14. The van der Waals surface area contributed by atoms with Crippen LogP contribution in [0.2, 0.25) is 5.02 Å². The standard InChI is InChI=1S/C16H19ClN2O/c1-20-16-8-7-13(9-14(16)17)15(10-18)19-11-12-5-3-2-4-6-12/h2-9,15,19H,10-11,18H2,1H3. The molecule has 2 aromatic rings. The Balaban J connectivity index is 2.06. The number of ether oxygens (including phenoxy) is 1. The number of methoxy groups -OCH3 is 1. The van der Waals surface area contributed by atoms with E-state index >= 15 is 0 Å². The Morgan fingerprint density at radius 1 is 1.20 bits per heavy atom. The van der Waals surface area contributed by atoms with Gasteiger partial charge >= 0.3 is 0 Å². The molecule has 0 aliphatic rings. The summed E-state index contributed by atoms with van der Waals surface area (Å²) >= 11 is 6.15. The van der Waals surface area contributed by atoms with Crippen molar-refractivity contribution in [3.05, 3.63) is 64.7 Å². The third-order valence-corrected chi connectivity index (χ3v) is 3.50. The second-order valence-corrected chi connectivity index (χ2v) is 4.96. The van der Waals surface area contributed by atoms with Gasteiger partial charge in [-0.2, -0.15) is 0 Å². The van der Waals surface area contributed by atoms with Gasteiger partial charge in [-0.1, -0.05) is 48.0 Å². The van der Waals surface area contributed by atoms with E-state index in [-0.39, 0.29) is 6.04 Å². The number of hydrogen-bond donors (Lipinski definition) is 2. The minimum absolute atomic E-state index is 0.0682. The first-order chi connectivity index (χ1) is 9.74. The van der Waals surface area contributed by atoms with Gasteiger partial charge < -0.3 is 15.8 Å². The van der Waals surface area contributed by atoms with Crippen LogP contribution in [0.5, 0.6) is 5.75 Å². The highest BCUT2D eigenvalue weighted by molar-refractivity contribution is 6.32. The van der Waals surface area contributed by atoms with E-state index in [2.05, 4.69) is 17.4 Å². The van der Waals surface area contributed by atoms with Crippen molar-refractivity contribution in [3.63, 3.8) is 0 Å². The summed E-state index contributed by atoms with van der Waals surface area (Å²) in [5.74, 6) is 0.675. The summed E-state index contributed by atoms with van der Waals surface area (Å²) in [4.78, 5) is 0. The van der Waals surface area contributed by atoms with Crippen LogP contribution in [-0.2, 0) is 6.54 Å². The highest BCUT2D eigenvalue weighted by Crippen LogP contribution is 2.27. The van der Waals surface area contributed by atoms with E-state index in [0.29, 0.717) is 17.3 Å². The molecule has 20 heavy (non-hydrogen) atoms. The van der Waals surface area contributed by atoms with Crippen molar-refractivity contribution in [1.82, 2.24) is 5.32 Å². The molecular weight excluding hydrogens is 272 g/mol. The molecule has 0 saturated carbocycles. The number of hydrogen-bond acceptors (Lipinski definition) is 3. The molecule has 0 aliphatic heterocycles. The molecular formula is C16H19ClN2O. The van der Waals surface area contributed by atoms with Gasteiger partial charge in [0.15, 0.2) is 0 Å². The molecule has 1 unspecified atom stereocenters. The molecule has 1 atom stereocenters. The fourth-order valence-corrected chi connectivity index (χ4v) is 2.34. The maximum atomic E-state index is 6.15. The molecule has 0 bridgehead atoms. The maximum absolute atomic E-state index is 6.15. The molecule has 0 heterocycles. The van der Waals surface area contributed by atoms with Gasteiger partial charge in [-0.05, 0) is 23.3 Å². The lowest BCUT2D eigenvalue weighted by Gasteiger charge is -2.18. The second kappa shape index (κ2) is 7.29. The second-order valence-electron chi connectivity index (χ2n) is 4.55. The van der Waals surface area contributed by atoms with Gasteiger partial charge in [0.25, 0.3) is 0 Å². The summed E-state index contributed by atoms with van der Waals surface area (Å²) in [5, 5.41) is 4.04. The fraction of sp³-hybridized carbons (Fsp3) is 0.250. The van der Waals surface area contributed by atoms with Crippen LogP contribution in [0.15, 0.2) is 48.5 Å². The predicted octanol–water partition coefficient (Wildman–Crippen LogP) is 3.14. The van der Waals surface area contributed by atoms with E-state index in [9.17, 15) is 0 Å². The van der Waals surface area contributed by atoms with Gasteiger partial charge in [-0.15, -0.1) is 0 Å². The van der Waals surface area contributed by atoms with Gasteiger partial charge in [0.05, 0.1) is 12.1 Å². The van der Waals surface area contributed by atoms with E-state index < -0.39 is 0 Å². The van der Waals surface area contributed by atoms with Crippen molar-refractivity contribution in [2.24, 2.45) is 5.73 Å². The first kappa shape index (κ1) is 14.9. The average Bonchev–Trinajstić information content (AvgIpc) is 2.49. The van der Waals surface area contributed by atoms with Crippen LogP contribution in [0, 0.1) is 0 Å². The summed E-state index contributed by atoms with van der Waals surface area (Å²) < 4.78 is 5.16. The zero-order valence-corrected chi connectivity index (χ0v) is 12.2. The predicted molar refractivity (Wildman–Crippen MR) is 83.1 cm³/mol. The first-order valence-electron chi connectivity index (χ1n) is 6.55. The van der Waals surface area contributed by atoms with E-state index in [1.165, 1.54) is 5.56 Å². The smallest absolute Gasteiger partial charge is 0.137 e. The van der Waals surface area contributed by atoms with E-state index in [1.54, 1.807) is 7.11 Å². The largest absolute Gasteiger partial charge is 0.495 e. The van der Waals surface area contributed by atoms with Gasteiger partial charge in [0, 0.05) is 19.1 Å². The Kier molecular flexibility index (Phi) is 5.41. The zero-order chi connectivity index (χ0) is 14.4. The molecule has 0 amide bonds. The number of nitrogens with one attached hydrogen (secondary N) is 1. The van der Waals surface area contributed by atoms with Crippen molar-refractivity contribution in [2.75, 3.05) is 13.7 Å². The number of benzene rings is 2. The lowest BCUT2D eigenvalue weighted by Crippen LogP contribution is -2.27. The number of nitrogens with two attached hydrogens (primary N) is 1. The molecule has 0 spiro atoms. The van der Waals surface area contributed by atoms with E-state index in [1.807, 2.05) is 36.4 Å². The van der Waals surface area contributed by atoms with Gasteiger partial charge in [-0.25, -0.2) is 0 Å². The molecule has 0 radical (unpaired) electrons. The molecule has 0 aromatic heterocycles. The monoisotopic (exact) mass is 290 g/mol. The lowest BCUT2D eigenvalue weighted by molar-refractivity contribution is 0.414. The summed E-state index contributed by atoms with van der Waals surface area (Å²) in [7, 11) is 1.61. The Morgan fingerprint density at radius 2 is 1.95 bits per heavy atom. The van der Waals surface area contributed by atoms with Crippen LogP contribution < -0.4 is 15.8 Å². The van der Waals surface area contributed by atoms with Crippen molar-refractivity contribution in [3.8, 4) is 5.75 Å².